The predicted molar refractivity (Wildman–Crippen MR) is 89.7 cm³/mol. The molecule has 1 aliphatic heterocycles. The zero-order valence-corrected chi connectivity index (χ0v) is 14.1. The highest BCUT2D eigenvalue weighted by Gasteiger charge is 2.35. The van der Waals surface area contributed by atoms with Crippen LogP contribution in [0.5, 0.6) is 0 Å². The van der Waals surface area contributed by atoms with E-state index in [1.54, 1.807) is 12.1 Å². The Balaban J connectivity index is 1.54. The summed E-state index contributed by atoms with van der Waals surface area (Å²) < 4.78 is 13.0. The van der Waals surface area contributed by atoms with Crippen LogP contribution < -0.4 is 4.90 Å². The van der Waals surface area contributed by atoms with Crippen LogP contribution in [0.15, 0.2) is 24.3 Å². The van der Waals surface area contributed by atoms with Crippen molar-refractivity contribution in [2.24, 2.45) is 5.41 Å². The molecule has 0 aromatic heterocycles. The van der Waals surface area contributed by atoms with E-state index in [2.05, 4.69) is 25.7 Å². The van der Waals surface area contributed by atoms with E-state index >= 15 is 0 Å². The second kappa shape index (κ2) is 6.66. The molecule has 1 aromatic carbocycles. The number of hydrogen-bond acceptors (Lipinski definition) is 2. The van der Waals surface area contributed by atoms with Crippen LogP contribution in [0.2, 0.25) is 0 Å². The largest absolute Gasteiger partial charge is 0.369 e. The summed E-state index contributed by atoms with van der Waals surface area (Å²) >= 11 is 3.74. The van der Waals surface area contributed by atoms with E-state index in [0.29, 0.717) is 5.41 Å². The smallest absolute Gasteiger partial charge is 0.123 e. The Kier molecular flexibility index (Phi) is 4.85. The van der Waals surface area contributed by atoms with Gasteiger partial charge in [-0.15, -0.1) is 0 Å². The highest BCUT2D eigenvalue weighted by atomic mass is 79.9. The van der Waals surface area contributed by atoms with Crippen LogP contribution in [0.25, 0.3) is 0 Å². The maximum Gasteiger partial charge on any atom is 0.123 e. The van der Waals surface area contributed by atoms with Crippen molar-refractivity contribution in [1.82, 2.24) is 4.90 Å². The summed E-state index contributed by atoms with van der Waals surface area (Å²) in [5.74, 6) is -0.155. The molecule has 1 saturated carbocycles. The molecule has 116 valence electrons. The number of rotatable bonds is 4. The van der Waals surface area contributed by atoms with Crippen molar-refractivity contribution in [3.63, 3.8) is 0 Å². The molecule has 2 aliphatic rings. The Labute approximate surface area is 135 Å². The first-order chi connectivity index (χ1) is 10.2. The fourth-order valence-electron chi connectivity index (χ4n) is 3.75. The maximum atomic E-state index is 13.0. The molecule has 2 nitrogen and oxygen atoms in total. The third-order valence-electron chi connectivity index (χ3n) is 5.07. The van der Waals surface area contributed by atoms with Gasteiger partial charge in [-0.1, -0.05) is 28.8 Å². The minimum Gasteiger partial charge on any atom is -0.369 e. The van der Waals surface area contributed by atoms with Gasteiger partial charge in [0.25, 0.3) is 0 Å². The van der Waals surface area contributed by atoms with Gasteiger partial charge in [-0.3, -0.25) is 4.90 Å². The van der Waals surface area contributed by atoms with Crippen LogP contribution in [0.1, 0.15) is 25.7 Å². The monoisotopic (exact) mass is 354 g/mol. The fraction of sp³-hybridized carbons (Fsp3) is 0.647. The highest BCUT2D eigenvalue weighted by Crippen LogP contribution is 2.40. The van der Waals surface area contributed by atoms with Crippen molar-refractivity contribution in [2.45, 2.75) is 25.7 Å². The summed E-state index contributed by atoms with van der Waals surface area (Å²) in [6, 6.07) is 6.89. The summed E-state index contributed by atoms with van der Waals surface area (Å²) in [5, 5.41) is 1.14. The topological polar surface area (TPSA) is 6.48 Å². The standard InChI is InChI=1S/C17H24BrFN2/c18-13-17(7-1-2-8-17)14-20-9-11-21(12-10-20)16-5-3-15(19)4-6-16/h3-6H,1-2,7-14H2. The first-order valence-corrected chi connectivity index (χ1v) is 9.12. The molecule has 2 fully saturated rings. The molecular formula is C17H24BrFN2. The molecule has 0 amide bonds. The van der Waals surface area contributed by atoms with Gasteiger partial charge < -0.3 is 4.90 Å². The molecule has 21 heavy (non-hydrogen) atoms. The van der Waals surface area contributed by atoms with Crippen LogP contribution >= 0.6 is 15.9 Å². The molecule has 1 aromatic rings. The molecular weight excluding hydrogens is 331 g/mol. The van der Waals surface area contributed by atoms with Crippen molar-refractivity contribution >= 4 is 21.6 Å². The maximum absolute atomic E-state index is 13.0. The SMILES string of the molecule is Fc1ccc(N2CCN(CC3(CBr)CCCC3)CC2)cc1. The quantitative estimate of drug-likeness (QED) is 0.756. The summed E-state index contributed by atoms with van der Waals surface area (Å²) in [6.07, 6.45) is 5.52. The van der Waals surface area contributed by atoms with Crippen LogP contribution in [0.3, 0.4) is 0 Å². The average Bonchev–Trinajstić information content (AvgIpc) is 2.98. The first kappa shape index (κ1) is 15.3. The van der Waals surface area contributed by atoms with Crippen LogP contribution in [-0.2, 0) is 0 Å². The molecule has 0 bridgehead atoms. The number of hydrogen-bond donors (Lipinski definition) is 0. The van der Waals surface area contributed by atoms with Gasteiger partial charge in [-0.05, 0) is 42.5 Å². The lowest BCUT2D eigenvalue weighted by Gasteiger charge is -2.40. The molecule has 1 aliphatic carbocycles. The summed E-state index contributed by atoms with van der Waals surface area (Å²) in [7, 11) is 0. The summed E-state index contributed by atoms with van der Waals surface area (Å²) in [4.78, 5) is 4.98. The first-order valence-electron chi connectivity index (χ1n) is 8.00. The van der Waals surface area contributed by atoms with Crippen molar-refractivity contribution in [2.75, 3.05) is 43.0 Å². The number of halogens is 2. The van der Waals surface area contributed by atoms with Crippen LogP contribution in [0.4, 0.5) is 10.1 Å². The van der Waals surface area contributed by atoms with E-state index in [1.165, 1.54) is 32.2 Å². The second-order valence-corrected chi connectivity index (χ2v) is 7.14. The number of nitrogens with zero attached hydrogens (tertiary/aromatic N) is 2. The summed E-state index contributed by atoms with van der Waals surface area (Å²) in [5.41, 5.74) is 1.66. The van der Waals surface area contributed by atoms with Crippen molar-refractivity contribution < 1.29 is 4.39 Å². The highest BCUT2D eigenvalue weighted by molar-refractivity contribution is 9.09. The van der Waals surface area contributed by atoms with Crippen molar-refractivity contribution in [3.05, 3.63) is 30.1 Å². The van der Waals surface area contributed by atoms with Crippen molar-refractivity contribution in [3.8, 4) is 0 Å². The lowest BCUT2D eigenvalue weighted by molar-refractivity contribution is 0.164. The zero-order chi connectivity index (χ0) is 14.7. The summed E-state index contributed by atoms with van der Waals surface area (Å²) in [6.45, 7) is 5.56. The van der Waals surface area contributed by atoms with E-state index < -0.39 is 0 Å². The molecule has 0 spiro atoms. The van der Waals surface area contributed by atoms with Gasteiger partial charge in [-0.25, -0.2) is 4.39 Å². The van der Waals surface area contributed by atoms with Gasteiger partial charge in [-0.2, -0.15) is 0 Å². The Hall–Kier alpha value is -0.610. The van der Waals surface area contributed by atoms with Gasteiger partial charge >= 0.3 is 0 Å². The molecule has 3 rings (SSSR count). The van der Waals surface area contributed by atoms with E-state index in [4.69, 9.17) is 0 Å². The van der Waals surface area contributed by atoms with E-state index in [-0.39, 0.29) is 5.82 Å². The van der Waals surface area contributed by atoms with E-state index in [9.17, 15) is 4.39 Å². The Morgan fingerprint density at radius 2 is 1.62 bits per heavy atom. The molecule has 4 heteroatoms. The van der Waals surface area contributed by atoms with Gasteiger partial charge in [0, 0.05) is 43.7 Å². The Morgan fingerprint density at radius 3 is 2.19 bits per heavy atom. The third kappa shape index (κ3) is 3.59. The lowest BCUT2D eigenvalue weighted by atomic mass is 9.88. The number of piperazine rings is 1. The Morgan fingerprint density at radius 1 is 1.00 bits per heavy atom. The van der Waals surface area contributed by atoms with Crippen LogP contribution in [-0.4, -0.2) is 43.0 Å². The van der Waals surface area contributed by atoms with Gasteiger partial charge in [0.15, 0.2) is 0 Å². The van der Waals surface area contributed by atoms with Crippen LogP contribution in [0, 0.1) is 11.2 Å². The number of anilines is 1. The zero-order valence-electron chi connectivity index (χ0n) is 12.5. The van der Waals surface area contributed by atoms with Gasteiger partial charge in [0.05, 0.1) is 0 Å². The third-order valence-corrected chi connectivity index (χ3v) is 6.26. The van der Waals surface area contributed by atoms with Crippen molar-refractivity contribution in [1.29, 1.82) is 0 Å². The van der Waals surface area contributed by atoms with Gasteiger partial charge in [0.1, 0.15) is 5.82 Å². The molecule has 0 atom stereocenters. The molecule has 0 N–H and O–H groups in total. The molecule has 1 saturated heterocycles. The minimum absolute atomic E-state index is 0.155. The number of alkyl halides is 1. The normalized spacial score (nSPS) is 22.7. The lowest BCUT2D eigenvalue weighted by Crippen LogP contribution is -2.50. The number of benzene rings is 1. The van der Waals surface area contributed by atoms with E-state index in [0.717, 1.165) is 37.2 Å². The Bertz CT molecular complexity index is 448. The van der Waals surface area contributed by atoms with Gasteiger partial charge in [0.2, 0.25) is 0 Å². The molecule has 0 unspecified atom stereocenters. The molecule has 0 radical (unpaired) electrons. The molecule has 1 heterocycles. The second-order valence-electron chi connectivity index (χ2n) is 6.58. The minimum atomic E-state index is -0.155. The fourth-order valence-corrected chi connectivity index (χ4v) is 4.49. The average molecular weight is 355 g/mol. The predicted octanol–water partition coefficient (Wildman–Crippen LogP) is 3.90. The van der Waals surface area contributed by atoms with E-state index in [1.807, 2.05) is 12.1 Å².